The van der Waals surface area contributed by atoms with Gasteiger partial charge in [0, 0.05) is 32.8 Å². The molecule has 3 aromatic rings. The Kier molecular flexibility index (Phi) is 7.23. The first kappa shape index (κ1) is 23.4. The van der Waals surface area contributed by atoms with Crippen LogP contribution in [-0.4, -0.2) is 25.5 Å². The number of nitrogens with one attached hydrogen (secondary N) is 1. The van der Waals surface area contributed by atoms with Gasteiger partial charge < -0.3 is 4.18 Å². The van der Waals surface area contributed by atoms with Crippen LogP contribution in [0.3, 0.4) is 0 Å². The summed E-state index contributed by atoms with van der Waals surface area (Å²) in [4.78, 5) is 22.0. The van der Waals surface area contributed by atoms with Crippen molar-refractivity contribution in [1.29, 1.82) is 0 Å². The van der Waals surface area contributed by atoms with Gasteiger partial charge in [0.1, 0.15) is 4.90 Å². The van der Waals surface area contributed by atoms with Crippen LogP contribution in [0.1, 0.15) is 15.9 Å². The van der Waals surface area contributed by atoms with Gasteiger partial charge in [-0.05, 0) is 54.6 Å². The maximum absolute atomic E-state index is 12.6. The molecule has 0 bridgehead atoms. The van der Waals surface area contributed by atoms with Gasteiger partial charge in [-0.1, -0.05) is 27.5 Å². The highest BCUT2D eigenvalue weighted by molar-refractivity contribution is 9.10. The molecule has 0 fully saturated rings. The molecule has 1 amide bonds. The van der Waals surface area contributed by atoms with Crippen LogP contribution >= 0.6 is 27.5 Å². The Morgan fingerprint density at radius 3 is 2.38 bits per heavy atom. The van der Waals surface area contributed by atoms with Crippen LogP contribution in [0, 0.1) is 10.1 Å². The molecule has 3 rings (SSSR count). The third-order valence-electron chi connectivity index (χ3n) is 3.98. The Balaban J connectivity index is 1.79. The van der Waals surface area contributed by atoms with Gasteiger partial charge in [0.2, 0.25) is 0 Å². The lowest BCUT2D eigenvalue weighted by molar-refractivity contribution is -0.384. The lowest BCUT2D eigenvalue weighted by Crippen LogP contribution is -2.17. The van der Waals surface area contributed by atoms with E-state index in [9.17, 15) is 23.3 Å². The number of amides is 1. The molecule has 0 spiro atoms. The summed E-state index contributed by atoms with van der Waals surface area (Å²) in [6.07, 6.45) is 1.22. The first-order valence-corrected chi connectivity index (χ1v) is 11.3. The van der Waals surface area contributed by atoms with Crippen LogP contribution < -0.4 is 9.61 Å². The Morgan fingerprint density at radius 1 is 1.09 bits per heavy atom. The zero-order valence-electron chi connectivity index (χ0n) is 15.9. The maximum Gasteiger partial charge on any atom is 0.339 e. The Morgan fingerprint density at radius 2 is 1.75 bits per heavy atom. The third kappa shape index (κ3) is 5.90. The Hall–Kier alpha value is -3.28. The number of nitrogens with zero attached hydrogens (tertiary/aromatic N) is 2. The normalized spacial score (nSPS) is 11.3. The fraction of sp³-hybridized carbons (Fsp3) is 0. The Bertz CT molecular complexity index is 1300. The summed E-state index contributed by atoms with van der Waals surface area (Å²) in [5.41, 5.74) is 2.66. The molecule has 0 aliphatic rings. The van der Waals surface area contributed by atoms with Gasteiger partial charge in [-0.3, -0.25) is 14.9 Å². The number of carbonyl (C=O) groups excluding carboxylic acids is 1. The predicted molar refractivity (Wildman–Crippen MR) is 122 cm³/mol. The number of rotatable bonds is 7. The number of nitro benzene ring substituents is 1. The predicted octanol–water partition coefficient (Wildman–Crippen LogP) is 4.54. The summed E-state index contributed by atoms with van der Waals surface area (Å²) >= 11 is 9.07. The number of halogens is 2. The fourth-order valence-corrected chi connectivity index (χ4v) is 3.88. The molecule has 12 heteroatoms. The zero-order chi connectivity index (χ0) is 23.3. The summed E-state index contributed by atoms with van der Waals surface area (Å²) in [5, 5.41) is 15.1. The van der Waals surface area contributed by atoms with Crippen LogP contribution in [0.5, 0.6) is 5.75 Å². The highest BCUT2D eigenvalue weighted by Crippen LogP contribution is 2.26. The fourth-order valence-electron chi connectivity index (χ4n) is 2.42. The number of hydrogen-bond donors (Lipinski definition) is 1. The second-order valence-corrected chi connectivity index (χ2v) is 9.08. The van der Waals surface area contributed by atoms with Crippen molar-refractivity contribution in [2.75, 3.05) is 0 Å². The van der Waals surface area contributed by atoms with Crippen molar-refractivity contribution in [1.82, 2.24) is 5.43 Å². The first-order chi connectivity index (χ1) is 15.2. The van der Waals surface area contributed by atoms with Gasteiger partial charge in [0.05, 0.1) is 11.1 Å². The van der Waals surface area contributed by atoms with Gasteiger partial charge in [-0.15, -0.1) is 0 Å². The molecule has 0 radical (unpaired) electrons. The summed E-state index contributed by atoms with van der Waals surface area (Å²) in [5.74, 6) is -0.551. The minimum Gasteiger partial charge on any atom is -0.378 e. The van der Waals surface area contributed by atoms with E-state index in [1.807, 2.05) is 0 Å². The van der Waals surface area contributed by atoms with E-state index >= 15 is 0 Å². The molecule has 0 aromatic heterocycles. The van der Waals surface area contributed by atoms with Crippen molar-refractivity contribution in [2.24, 2.45) is 5.10 Å². The van der Waals surface area contributed by atoms with Crippen LogP contribution in [0.2, 0.25) is 5.02 Å². The van der Waals surface area contributed by atoms with Crippen LogP contribution in [0.4, 0.5) is 5.69 Å². The van der Waals surface area contributed by atoms with Crippen molar-refractivity contribution >= 4 is 55.5 Å². The van der Waals surface area contributed by atoms with Crippen molar-refractivity contribution in [2.45, 2.75) is 4.90 Å². The van der Waals surface area contributed by atoms with E-state index in [0.29, 0.717) is 15.1 Å². The average Bonchev–Trinajstić information content (AvgIpc) is 2.76. The standard InChI is InChI=1S/C20H13BrClN3O6S/c21-15-3-10-19(31-32(29,30)18-8-6-17(7-9-18)25(27)28)14(11-15)12-23-24-20(26)13-1-4-16(22)5-2-13/h1-12H,(H,24,26)/b23-12+. The quantitative estimate of drug-likeness (QED) is 0.203. The van der Waals surface area contributed by atoms with E-state index in [1.165, 1.54) is 24.4 Å². The molecule has 1 N–H and O–H groups in total. The van der Waals surface area contributed by atoms with E-state index in [1.54, 1.807) is 24.3 Å². The molecule has 164 valence electrons. The van der Waals surface area contributed by atoms with E-state index < -0.39 is 20.9 Å². The monoisotopic (exact) mass is 537 g/mol. The number of non-ortho nitro benzene ring substituents is 1. The number of hydrazone groups is 1. The van der Waals surface area contributed by atoms with Crippen molar-refractivity contribution in [3.05, 3.63) is 97.5 Å². The number of nitro groups is 1. The molecule has 32 heavy (non-hydrogen) atoms. The van der Waals surface area contributed by atoms with E-state index in [0.717, 1.165) is 24.3 Å². The summed E-state index contributed by atoms with van der Waals surface area (Å²) in [6.45, 7) is 0. The molecule has 0 saturated carbocycles. The summed E-state index contributed by atoms with van der Waals surface area (Å²) in [7, 11) is -4.28. The van der Waals surface area contributed by atoms with Crippen LogP contribution in [0.15, 0.2) is 81.2 Å². The maximum atomic E-state index is 12.6. The number of hydrogen-bond acceptors (Lipinski definition) is 7. The molecule has 3 aromatic carbocycles. The molecule has 0 saturated heterocycles. The molecule has 0 unspecified atom stereocenters. The molecular formula is C20H13BrClN3O6S. The second-order valence-electron chi connectivity index (χ2n) is 6.18. The highest BCUT2D eigenvalue weighted by Gasteiger charge is 2.20. The van der Waals surface area contributed by atoms with E-state index in [-0.39, 0.29) is 21.9 Å². The second kappa shape index (κ2) is 9.90. The van der Waals surface area contributed by atoms with Crippen molar-refractivity contribution < 1.29 is 22.3 Å². The van der Waals surface area contributed by atoms with Gasteiger partial charge in [-0.2, -0.15) is 13.5 Å². The number of carbonyl (C=O) groups is 1. The molecule has 9 nitrogen and oxygen atoms in total. The smallest absolute Gasteiger partial charge is 0.339 e. The third-order valence-corrected chi connectivity index (χ3v) is 5.98. The molecule has 0 aliphatic carbocycles. The molecular weight excluding hydrogens is 526 g/mol. The minimum absolute atomic E-state index is 0.0592. The molecule has 0 atom stereocenters. The summed E-state index contributed by atoms with van der Waals surface area (Å²) in [6, 6.07) is 14.9. The van der Waals surface area contributed by atoms with Gasteiger partial charge in [0.25, 0.3) is 11.6 Å². The van der Waals surface area contributed by atoms with E-state index in [2.05, 4.69) is 26.5 Å². The highest BCUT2D eigenvalue weighted by atomic mass is 79.9. The van der Waals surface area contributed by atoms with Gasteiger partial charge in [0.15, 0.2) is 5.75 Å². The molecule has 0 heterocycles. The first-order valence-electron chi connectivity index (χ1n) is 8.73. The van der Waals surface area contributed by atoms with Crippen LogP contribution in [0.25, 0.3) is 0 Å². The van der Waals surface area contributed by atoms with Crippen molar-refractivity contribution in [3.8, 4) is 5.75 Å². The average molecular weight is 539 g/mol. The van der Waals surface area contributed by atoms with Crippen molar-refractivity contribution in [3.63, 3.8) is 0 Å². The van der Waals surface area contributed by atoms with E-state index in [4.69, 9.17) is 15.8 Å². The summed E-state index contributed by atoms with van der Waals surface area (Å²) < 4.78 is 31.0. The number of benzene rings is 3. The van der Waals surface area contributed by atoms with Gasteiger partial charge in [-0.25, -0.2) is 5.43 Å². The zero-order valence-corrected chi connectivity index (χ0v) is 19.1. The largest absolute Gasteiger partial charge is 0.378 e. The Labute approximate surface area is 196 Å². The lowest BCUT2D eigenvalue weighted by Gasteiger charge is -2.10. The SMILES string of the molecule is O=C(N/N=C/c1cc(Br)ccc1OS(=O)(=O)c1ccc([N+](=O)[O-])cc1)c1ccc(Cl)cc1. The van der Waals surface area contributed by atoms with Crippen LogP contribution in [-0.2, 0) is 10.1 Å². The lowest BCUT2D eigenvalue weighted by atomic mass is 10.2. The topological polar surface area (TPSA) is 128 Å². The van der Waals surface area contributed by atoms with Gasteiger partial charge >= 0.3 is 10.1 Å². The molecule has 0 aliphatic heterocycles. The minimum atomic E-state index is -4.28.